The molecular weight excluding hydrogens is 300 g/mol. The molecule has 1 amide bonds. The highest BCUT2D eigenvalue weighted by atomic mass is 35.5. The molecule has 0 unspecified atom stereocenters. The Morgan fingerprint density at radius 2 is 2.09 bits per heavy atom. The third kappa shape index (κ3) is 3.77. The van der Waals surface area contributed by atoms with E-state index in [0.29, 0.717) is 12.5 Å². The highest BCUT2D eigenvalue weighted by molar-refractivity contribution is 5.85. The van der Waals surface area contributed by atoms with Gasteiger partial charge in [0, 0.05) is 19.7 Å². The number of fused-ring (bicyclic) bond motifs is 1. The molecule has 0 aromatic rings. The Morgan fingerprint density at radius 3 is 2.73 bits per heavy atom. The second-order valence-corrected chi connectivity index (χ2v) is 7.09. The van der Waals surface area contributed by atoms with Crippen molar-refractivity contribution in [2.24, 2.45) is 16.7 Å². The largest absolute Gasteiger partial charge is 0.396 e. The van der Waals surface area contributed by atoms with Crippen molar-refractivity contribution >= 4 is 18.3 Å². The van der Waals surface area contributed by atoms with Gasteiger partial charge in [0.05, 0.1) is 5.41 Å². The maximum Gasteiger partial charge on any atom is 0.227 e. The molecule has 4 nitrogen and oxygen atoms in total. The monoisotopic (exact) mass is 332 g/mol. The standard InChI is InChI=1S/C17H32N2O2.ClH/c1-3-16(4-2,9-10-20)12-19-15(21)17-8-6-5-7-14(17)11-18-13-17;/h14,18,20H,3-13H2,1-2H3,(H,19,21);1H/t14-,17+;/m0./s1. The Bertz CT molecular complexity index is 361. The Balaban J connectivity index is 0.00000242. The number of amides is 1. The summed E-state index contributed by atoms with van der Waals surface area (Å²) in [6, 6.07) is 0. The van der Waals surface area contributed by atoms with Gasteiger partial charge >= 0.3 is 0 Å². The van der Waals surface area contributed by atoms with Crippen molar-refractivity contribution < 1.29 is 9.90 Å². The van der Waals surface area contributed by atoms with Crippen molar-refractivity contribution in [3.05, 3.63) is 0 Å². The van der Waals surface area contributed by atoms with E-state index in [4.69, 9.17) is 0 Å². The average molecular weight is 333 g/mol. The molecule has 1 aliphatic heterocycles. The van der Waals surface area contributed by atoms with Crippen LogP contribution in [0.2, 0.25) is 0 Å². The lowest BCUT2D eigenvalue weighted by molar-refractivity contribution is -0.134. The fourth-order valence-electron chi connectivity index (χ4n) is 4.31. The average Bonchev–Trinajstić information content (AvgIpc) is 2.96. The van der Waals surface area contributed by atoms with Gasteiger partial charge in [0.1, 0.15) is 0 Å². The Kier molecular flexibility index (Phi) is 7.63. The third-order valence-corrected chi connectivity index (χ3v) is 6.26. The van der Waals surface area contributed by atoms with Crippen molar-refractivity contribution in [3.8, 4) is 0 Å². The smallest absolute Gasteiger partial charge is 0.227 e. The molecule has 2 aliphatic rings. The molecule has 1 heterocycles. The molecule has 1 aliphatic carbocycles. The fourth-order valence-corrected chi connectivity index (χ4v) is 4.31. The SMILES string of the molecule is CCC(CC)(CCO)CNC(=O)[C@@]12CCCC[C@H]1CNC2.Cl. The molecule has 5 heteroatoms. The number of rotatable bonds is 7. The first-order chi connectivity index (χ1) is 10.1. The zero-order valence-corrected chi connectivity index (χ0v) is 14.9. The second kappa shape index (κ2) is 8.51. The Hall–Kier alpha value is -0.320. The number of carbonyl (C=O) groups is 1. The molecule has 1 saturated heterocycles. The van der Waals surface area contributed by atoms with Gasteiger partial charge in [-0.05, 0) is 50.0 Å². The van der Waals surface area contributed by atoms with E-state index in [9.17, 15) is 9.90 Å². The summed E-state index contributed by atoms with van der Waals surface area (Å²) in [5.74, 6) is 0.767. The van der Waals surface area contributed by atoms with Crippen LogP contribution in [-0.2, 0) is 4.79 Å². The molecule has 3 N–H and O–H groups in total. The first kappa shape index (κ1) is 19.7. The molecule has 0 aromatic heterocycles. The summed E-state index contributed by atoms with van der Waals surface area (Å²) in [6.07, 6.45) is 7.42. The van der Waals surface area contributed by atoms with Gasteiger partial charge in [0.2, 0.25) is 5.91 Å². The zero-order valence-electron chi connectivity index (χ0n) is 14.1. The minimum absolute atomic E-state index is 0. The lowest BCUT2D eigenvalue weighted by Crippen LogP contribution is -2.50. The number of nitrogens with one attached hydrogen (secondary N) is 2. The minimum atomic E-state index is -0.162. The van der Waals surface area contributed by atoms with Crippen molar-refractivity contribution in [3.63, 3.8) is 0 Å². The summed E-state index contributed by atoms with van der Waals surface area (Å²) < 4.78 is 0. The number of aliphatic hydroxyl groups excluding tert-OH is 1. The van der Waals surface area contributed by atoms with Gasteiger partial charge in [0.25, 0.3) is 0 Å². The van der Waals surface area contributed by atoms with Crippen LogP contribution in [0.25, 0.3) is 0 Å². The van der Waals surface area contributed by atoms with Gasteiger partial charge in [0.15, 0.2) is 0 Å². The van der Waals surface area contributed by atoms with E-state index >= 15 is 0 Å². The topological polar surface area (TPSA) is 61.4 Å². The van der Waals surface area contributed by atoms with Gasteiger partial charge in [-0.3, -0.25) is 4.79 Å². The quantitative estimate of drug-likeness (QED) is 0.671. The second-order valence-electron chi connectivity index (χ2n) is 7.09. The molecule has 0 aromatic carbocycles. The molecule has 1 saturated carbocycles. The Labute approximate surface area is 141 Å². The van der Waals surface area contributed by atoms with E-state index in [1.807, 2.05) is 0 Å². The van der Waals surface area contributed by atoms with Crippen molar-refractivity contribution in [2.75, 3.05) is 26.2 Å². The summed E-state index contributed by atoms with van der Waals surface area (Å²) in [5, 5.41) is 16.0. The zero-order chi connectivity index (χ0) is 15.3. The van der Waals surface area contributed by atoms with Crippen molar-refractivity contribution in [1.82, 2.24) is 10.6 Å². The van der Waals surface area contributed by atoms with Crippen LogP contribution in [0.15, 0.2) is 0 Å². The van der Waals surface area contributed by atoms with Crippen molar-refractivity contribution in [2.45, 2.75) is 58.8 Å². The number of hydrogen-bond acceptors (Lipinski definition) is 3. The highest BCUT2D eigenvalue weighted by Gasteiger charge is 2.49. The van der Waals surface area contributed by atoms with Gasteiger partial charge in [-0.1, -0.05) is 26.7 Å². The minimum Gasteiger partial charge on any atom is -0.396 e. The number of hydrogen-bond donors (Lipinski definition) is 3. The maximum absolute atomic E-state index is 12.9. The third-order valence-electron chi connectivity index (χ3n) is 6.26. The molecule has 0 radical (unpaired) electrons. The summed E-state index contributed by atoms with van der Waals surface area (Å²) in [6.45, 7) is 7.06. The normalized spacial score (nSPS) is 27.9. The van der Waals surface area contributed by atoms with Gasteiger partial charge < -0.3 is 15.7 Å². The molecule has 0 bridgehead atoms. The number of halogens is 1. The van der Waals surface area contributed by atoms with Gasteiger partial charge in [-0.15, -0.1) is 12.4 Å². The van der Waals surface area contributed by atoms with Crippen LogP contribution in [0.3, 0.4) is 0 Å². The van der Waals surface area contributed by atoms with Gasteiger partial charge in [-0.2, -0.15) is 0 Å². The van der Waals surface area contributed by atoms with E-state index in [0.717, 1.165) is 38.8 Å². The molecule has 130 valence electrons. The maximum atomic E-state index is 12.9. The van der Waals surface area contributed by atoms with Crippen LogP contribution in [0.5, 0.6) is 0 Å². The highest BCUT2D eigenvalue weighted by Crippen LogP contribution is 2.44. The molecule has 2 rings (SSSR count). The first-order valence-corrected chi connectivity index (χ1v) is 8.72. The predicted octanol–water partition coefficient (Wildman–Crippen LogP) is 2.49. The van der Waals surface area contributed by atoms with Crippen LogP contribution in [0, 0.1) is 16.7 Å². The number of carbonyl (C=O) groups excluding carboxylic acids is 1. The van der Waals surface area contributed by atoms with Crippen LogP contribution >= 0.6 is 12.4 Å². The van der Waals surface area contributed by atoms with E-state index < -0.39 is 0 Å². The number of aliphatic hydroxyl groups is 1. The van der Waals surface area contributed by atoms with E-state index in [1.54, 1.807) is 0 Å². The van der Waals surface area contributed by atoms with Crippen LogP contribution in [0.1, 0.15) is 58.8 Å². The molecule has 2 fully saturated rings. The predicted molar refractivity (Wildman–Crippen MR) is 92.2 cm³/mol. The molecule has 0 spiro atoms. The van der Waals surface area contributed by atoms with Crippen molar-refractivity contribution in [1.29, 1.82) is 0 Å². The summed E-state index contributed by atoms with van der Waals surface area (Å²) >= 11 is 0. The summed E-state index contributed by atoms with van der Waals surface area (Å²) in [5.41, 5.74) is -0.109. The van der Waals surface area contributed by atoms with Crippen LogP contribution in [-0.4, -0.2) is 37.3 Å². The van der Waals surface area contributed by atoms with Gasteiger partial charge in [-0.25, -0.2) is 0 Å². The lowest BCUT2D eigenvalue weighted by Gasteiger charge is -2.39. The first-order valence-electron chi connectivity index (χ1n) is 8.72. The molecule has 22 heavy (non-hydrogen) atoms. The summed E-state index contributed by atoms with van der Waals surface area (Å²) in [7, 11) is 0. The van der Waals surface area contributed by atoms with Crippen LogP contribution < -0.4 is 10.6 Å². The molecular formula is C17H33ClN2O2. The van der Waals surface area contributed by atoms with E-state index in [1.165, 1.54) is 19.3 Å². The lowest BCUT2D eigenvalue weighted by atomic mass is 9.67. The van der Waals surface area contributed by atoms with E-state index in [2.05, 4.69) is 24.5 Å². The van der Waals surface area contributed by atoms with Crippen LogP contribution in [0.4, 0.5) is 0 Å². The Morgan fingerprint density at radius 1 is 1.36 bits per heavy atom. The van der Waals surface area contributed by atoms with E-state index in [-0.39, 0.29) is 35.8 Å². The fraction of sp³-hybridized carbons (Fsp3) is 0.941. The molecule has 2 atom stereocenters. The summed E-state index contributed by atoms with van der Waals surface area (Å²) in [4.78, 5) is 12.9.